The van der Waals surface area contributed by atoms with Gasteiger partial charge in [-0.3, -0.25) is 4.90 Å². The van der Waals surface area contributed by atoms with Crippen LogP contribution in [0.5, 0.6) is 0 Å². The SMILES string of the molecule is COCCN(C(=O)OC(C)(C)C)[C@H]1CCN(Cc2ccccc2)C1. The molecular weight excluding hydrogens is 304 g/mol. The topological polar surface area (TPSA) is 42.0 Å². The summed E-state index contributed by atoms with van der Waals surface area (Å²) < 4.78 is 10.7. The van der Waals surface area contributed by atoms with Gasteiger partial charge in [0.1, 0.15) is 5.60 Å². The van der Waals surface area contributed by atoms with Gasteiger partial charge in [0.25, 0.3) is 0 Å². The van der Waals surface area contributed by atoms with Gasteiger partial charge in [-0.15, -0.1) is 0 Å². The second-order valence-electron chi connectivity index (χ2n) is 7.33. The first kappa shape index (κ1) is 18.7. The summed E-state index contributed by atoms with van der Waals surface area (Å²) >= 11 is 0. The molecule has 0 radical (unpaired) electrons. The van der Waals surface area contributed by atoms with Crippen molar-refractivity contribution in [3.63, 3.8) is 0 Å². The van der Waals surface area contributed by atoms with E-state index >= 15 is 0 Å². The largest absolute Gasteiger partial charge is 0.444 e. The van der Waals surface area contributed by atoms with Gasteiger partial charge in [0, 0.05) is 39.3 Å². The minimum atomic E-state index is -0.481. The molecule has 0 aliphatic carbocycles. The number of carbonyl (C=O) groups excluding carboxylic acids is 1. The highest BCUT2D eigenvalue weighted by atomic mass is 16.6. The third-order valence-electron chi connectivity index (χ3n) is 4.10. The highest BCUT2D eigenvalue weighted by Crippen LogP contribution is 2.20. The van der Waals surface area contributed by atoms with Crippen LogP contribution in [0.15, 0.2) is 30.3 Å². The fourth-order valence-corrected chi connectivity index (χ4v) is 2.98. The van der Waals surface area contributed by atoms with Crippen LogP contribution in [0.4, 0.5) is 4.79 Å². The van der Waals surface area contributed by atoms with Gasteiger partial charge in [-0.25, -0.2) is 4.79 Å². The van der Waals surface area contributed by atoms with Crippen molar-refractivity contribution in [3.05, 3.63) is 35.9 Å². The van der Waals surface area contributed by atoms with Gasteiger partial charge in [-0.1, -0.05) is 30.3 Å². The van der Waals surface area contributed by atoms with E-state index in [9.17, 15) is 4.79 Å². The van der Waals surface area contributed by atoms with Crippen LogP contribution in [0, 0.1) is 0 Å². The van der Waals surface area contributed by atoms with Crippen molar-refractivity contribution in [2.45, 2.75) is 45.4 Å². The molecule has 1 atom stereocenters. The standard InChI is InChI=1S/C19H30N2O3/c1-19(2,3)24-18(22)21(12-13-23-4)17-10-11-20(15-17)14-16-8-6-5-7-9-16/h5-9,17H,10-15H2,1-4H3/t17-/m0/s1. The number of hydrogen-bond donors (Lipinski definition) is 0. The van der Waals surface area contributed by atoms with Gasteiger partial charge < -0.3 is 14.4 Å². The molecule has 1 heterocycles. The molecule has 5 heteroatoms. The third kappa shape index (κ3) is 5.80. The van der Waals surface area contributed by atoms with Crippen LogP contribution < -0.4 is 0 Å². The summed E-state index contributed by atoms with van der Waals surface area (Å²) in [5.74, 6) is 0. The number of nitrogens with zero attached hydrogens (tertiary/aromatic N) is 2. The number of ether oxygens (including phenoxy) is 2. The molecule has 1 fully saturated rings. The lowest BCUT2D eigenvalue weighted by molar-refractivity contribution is 0.0111. The zero-order valence-electron chi connectivity index (χ0n) is 15.3. The minimum Gasteiger partial charge on any atom is -0.444 e. The summed E-state index contributed by atoms with van der Waals surface area (Å²) in [6, 6.07) is 10.6. The number of methoxy groups -OCH3 is 1. The number of benzene rings is 1. The molecule has 0 aromatic heterocycles. The predicted octanol–water partition coefficient (Wildman–Crippen LogP) is 3.14. The van der Waals surface area contributed by atoms with E-state index < -0.39 is 5.60 Å². The van der Waals surface area contributed by atoms with Crippen LogP contribution in [0.1, 0.15) is 32.8 Å². The van der Waals surface area contributed by atoms with E-state index in [1.807, 2.05) is 31.7 Å². The van der Waals surface area contributed by atoms with Gasteiger partial charge in [-0.2, -0.15) is 0 Å². The van der Waals surface area contributed by atoms with Crippen LogP contribution >= 0.6 is 0 Å². The number of rotatable bonds is 6. The Bertz CT molecular complexity index is 513. The molecule has 1 aliphatic heterocycles. The van der Waals surface area contributed by atoms with E-state index in [0.717, 1.165) is 26.1 Å². The van der Waals surface area contributed by atoms with Crippen molar-refractivity contribution in [1.29, 1.82) is 0 Å². The van der Waals surface area contributed by atoms with Crippen molar-refractivity contribution in [3.8, 4) is 0 Å². The quantitative estimate of drug-likeness (QED) is 0.801. The summed E-state index contributed by atoms with van der Waals surface area (Å²) in [7, 11) is 1.66. The van der Waals surface area contributed by atoms with Gasteiger partial charge in [0.05, 0.1) is 6.61 Å². The van der Waals surface area contributed by atoms with Crippen LogP contribution in [-0.2, 0) is 16.0 Å². The Hall–Kier alpha value is -1.59. The Morgan fingerprint density at radius 2 is 2.00 bits per heavy atom. The molecule has 24 heavy (non-hydrogen) atoms. The van der Waals surface area contributed by atoms with Crippen molar-refractivity contribution < 1.29 is 14.3 Å². The molecule has 0 saturated carbocycles. The summed E-state index contributed by atoms with van der Waals surface area (Å²) in [6.07, 6.45) is 0.724. The summed E-state index contributed by atoms with van der Waals surface area (Å²) in [4.78, 5) is 16.8. The Morgan fingerprint density at radius 3 is 2.62 bits per heavy atom. The molecule has 5 nitrogen and oxygen atoms in total. The smallest absolute Gasteiger partial charge is 0.410 e. The highest BCUT2D eigenvalue weighted by molar-refractivity contribution is 5.68. The van der Waals surface area contributed by atoms with E-state index in [0.29, 0.717) is 13.2 Å². The van der Waals surface area contributed by atoms with E-state index in [1.54, 1.807) is 7.11 Å². The molecule has 0 N–H and O–H groups in total. The van der Waals surface area contributed by atoms with Crippen molar-refractivity contribution in [1.82, 2.24) is 9.80 Å². The molecule has 1 aromatic carbocycles. The van der Waals surface area contributed by atoms with Gasteiger partial charge in [-0.05, 0) is 32.8 Å². The summed E-state index contributed by atoms with van der Waals surface area (Å²) in [6.45, 7) is 9.57. The van der Waals surface area contributed by atoms with Gasteiger partial charge >= 0.3 is 6.09 Å². The molecule has 1 amide bonds. The first-order valence-electron chi connectivity index (χ1n) is 8.64. The van der Waals surface area contributed by atoms with E-state index in [4.69, 9.17) is 9.47 Å². The molecule has 1 aromatic rings. The van der Waals surface area contributed by atoms with E-state index in [2.05, 4.69) is 29.2 Å². The third-order valence-corrected chi connectivity index (χ3v) is 4.10. The zero-order chi connectivity index (χ0) is 17.6. The minimum absolute atomic E-state index is 0.179. The normalized spacial score (nSPS) is 18.6. The number of carbonyl (C=O) groups is 1. The Labute approximate surface area is 145 Å². The maximum Gasteiger partial charge on any atom is 0.410 e. The van der Waals surface area contributed by atoms with E-state index in [1.165, 1.54) is 5.56 Å². The van der Waals surface area contributed by atoms with Crippen LogP contribution in [0.3, 0.4) is 0 Å². The van der Waals surface area contributed by atoms with Gasteiger partial charge in [0.15, 0.2) is 0 Å². The predicted molar refractivity (Wildman–Crippen MR) is 94.9 cm³/mol. The first-order valence-corrected chi connectivity index (χ1v) is 8.64. The Balaban J connectivity index is 1.96. The van der Waals surface area contributed by atoms with Crippen molar-refractivity contribution in [2.75, 3.05) is 33.4 Å². The van der Waals surface area contributed by atoms with E-state index in [-0.39, 0.29) is 12.1 Å². The summed E-state index contributed by atoms with van der Waals surface area (Å²) in [5, 5.41) is 0. The molecule has 1 aliphatic rings. The summed E-state index contributed by atoms with van der Waals surface area (Å²) in [5.41, 5.74) is 0.823. The fourth-order valence-electron chi connectivity index (χ4n) is 2.98. The molecule has 2 rings (SSSR count). The van der Waals surface area contributed by atoms with Gasteiger partial charge in [0.2, 0.25) is 0 Å². The number of amides is 1. The lowest BCUT2D eigenvalue weighted by Crippen LogP contribution is -2.46. The monoisotopic (exact) mass is 334 g/mol. The highest BCUT2D eigenvalue weighted by Gasteiger charge is 2.33. The van der Waals surface area contributed by atoms with Crippen LogP contribution in [-0.4, -0.2) is 60.9 Å². The number of hydrogen-bond acceptors (Lipinski definition) is 4. The second-order valence-corrected chi connectivity index (χ2v) is 7.33. The average molecular weight is 334 g/mol. The average Bonchev–Trinajstić information content (AvgIpc) is 2.95. The second kappa shape index (κ2) is 8.49. The van der Waals surface area contributed by atoms with Crippen molar-refractivity contribution in [2.24, 2.45) is 0 Å². The fraction of sp³-hybridized carbons (Fsp3) is 0.632. The Kier molecular flexibility index (Phi) is 6.63. The molecule has 1 saturated heterocycles. The van der Waals surface area contributed by atoms with Crippen LogP contribution in [0.25, 0.3) is 0 Å². The lowest BCUT2D eigenvalue weighted by atomic mass is 10.2. The Morgan fingerprint density at radius 1 is 1.29 bits per heavy atom. The van der Waals surface area contributed by atoms with Crippen LogP contribution in [0.2, 0.25) is 0 Å². The maximum atomic E-state index is 12.5. The number of likely N-dealkylation sites (tertiary alicyclic amines) is 1. The molecule has 0 bridgehead atoms. The molecule has 0 unspecified atom stereocenters. The molecular formula is C19H30N2O3. The lowest BCUT2D eigenvalue weighted by Gasteiger charge is -2.31. The first-order chi connectivity index (χ1) is 11.4. The molecule has 0 spiro atoms. The zero-order valence-corrected chi connectivity index (χ0v) is 15.3. The maximum absolute atomic E-state index is 12.5. The molecule has 134 valence electrons. The van der Waals surface area contributed by atoms with Crippen molar-refractivity contribution >= 4 is 6.09 Å².